The minimum absolute atomic E-state index is 0.0948. The van der Waals surface area contributed by atoms with Gasteiger partial charge in [0.25, 0.3) is 0 Å². The van der Waals surface area contributed by atoms with Crippen LogP contribution < -0.4 is 10.2 Å². The number of H-pyrrole nitrogens is 1. The molecule has 138 valence electrons. The number of anilines is 1. The number of carbonyl (C=O) groups is 1. The minimum Gasteiger partial charge on any atom is -0.314 e. The monoisotopic (exact) mass is 361 g/mol. The summed E-state index contributed by atoms with van der Waals surface area (Å²) in [6.45, 7) is 5.34. The summed E-state index contributed by atoms with van der Waals surface area (Å²) in [7, 11) is 0. The van der Waals surface area contributed by atoms with Gasteiger partial charge in [0.2, 0.25) is 5.91 Å². The molecule has 27 heavy (non-hydrogen) atoms. The van der Waals surface area contributed by atoms with Crippen LogP contribution in [0.2, 0.25) is 0 Å². The van der Waals surface area contributed by atoms with Gasteiger partial charge in [0.1, 0.15) is 11.4 Å². The first-order chi connectivity index (χ1) is 13.1. The lowest BCUT2D eigenvalue weighted by molar-refractivity contribution is -0.118. The predicted octanol–water partition coefficient (Wildman–Crippen LogP) is 3.37. The van der Waals surface area contributed by atoms with Crippen molar-refractivity contribution < 1.29 is 4.79 Å². The molecule has 6 nitrogen and oxygen atoms in total. The first kappa shape index (κ1) is 17.4. The van der Waals surface area contributed by atoms with E-state index in [1.807, 2.05) is 53.4 Å². The second-order valence-corrected chi connectivity index (χ2v) is 7.03. The zero-order chi connectivity index (χ0) is 18.8. The highest BCUT2D eigenvalue weighted by Crippen LogP contribution is 2.39. The molecule has 4 rings (SSSR count). The van der Waals surface area contributed by atoms with E-state index in [9.17, 15) is 4.79 Å². The molecule has 0 saturated carbocycles. The summed E-state index contributed by atoms with van der Waals surface area (Å²) in [6, 6.07) is 16.3. The Morgan fingerprint density at radius 1 is 1.07 bits per heavy atom. The van der Waals surface area contributed by atoms with E-state index < -0.39 is 0 Å². The van der Waals surface area contributed by atoms with Gasteiger partial charge >= 0.3 is 0 Å². The number of aromatic amines is 1. The van der Waals surface area contributed by atoms with Gasteiger partial charge in [-0.15, -0.1) is 0 Å². The molecule has 3 aromatic rings. The maximum Gasteiger partial charge on any atom is 0.228 e. The number of hydrogen-bond acceptors (Lipinski definition) is 4. The van der Waals surface area contributed by atoms with Crippen molar-refractivity contribution in [3.8, 4) is 22.5 Å². The summed E-state index contributed by atoms with van der Waals surface area (Å²) in [5, 5.41) is 14.9. The van der Waals surface area contributed by atoms with Crippen LogP contribution in [0.25, 0.3) is 22.5 Å². The lowest BCUT2D eigenvalue weighted by Crippen LogP contribution is -2.35. The highest BCUT2D eigenvalue weighted by Gasteiger charge is 2.27. The molecule has 6 heteroatoms. The predicted molar refractivity (Wildman–Crippen MR) is 106 cm³/mol. The minimum atomic E-state index is 0.0948. The number of benzene rings is 2. The fraction of sp³-hybridized carbons (Fsp3) is 0.286. The van der Waals surface area contributed by atoms with Gasteiger partial charge in [-0.1, -0.05) is 56.3 Å². The third-order valence-corrected chi connectivity index (χ3v) is 4.79. The molecule has 1 aliphatic rings. The van der Waals surface area contributed by atoms with Crippen LogP contribution in [-0.4, -0.2) is 33.9 Å². The van der Waals surface area contributed by atoms with Gasteiger partial charge in [0.05, 0.1) is 12.2 Å². The van der Waals surface area contributed by atoms with Crippen molar-refractivity contribution in [1.29, 1.82) is 0 Å². The quantitative estimate of drug-likeness (QED) is 0.747. The van der Waals surface area contributed by atoms with Crippen molar-refractivity contribution >= 4 is 11.6 Å². The Bertz CT molecular complexity index is 962. The highest BCUT2D eigenvalue weighted by atomic mass is 16.2. The second-order valence-electron chi connectivity index (χ2n) is 7.03. The van der Waals surface area contributed by atoms with Crippen molar-refractivity contribution in [3.05, 3.63) is 54.1 Å². The van der Waals surface area contributed by atoms with E-state index in [1.54, 1.807) is 0 Å². The Balaban J connectivity index is 1.80. The number of fused-ring (bicyclic) bond motifs is 5. The number of para-hydroxylation sites is 1. The van der Waals surface area contributed by atoms with E-state index >= 15 is 0 Å². The van der Waals surface area contributed by atoms with E-state index in [-0.39, 0.29) is 5.91 Å². The number of rotatable bonds is 4. The fourth-order valence-corrected chi connectivity index (χ4v) is 3.49. The molecule has 0 unspecified atom stereocenters. The van der Waals surface area contributed by atoms with Gasteiger partial charge in [0, 0.05) is 30.1 Å². The molecule has 2 N–H and O–H groups in total. The van der Waals surface area contributed by atoms with E-state index in [1.165, 1.54) is 0 Å². The van der Waals surface area contributed by atoms with Crippen molar-refractivity contribution in [2.24, 2.45) is 0 Å². The molecule has 0 atom stereocenters. The summed E-state index contributed by atoms with van der Waals surface area (Å²) in [5.74, 6) is 0.0948. The molecule has 2 aromatic carbocycles. The average molecular weight is 361 g/mol. The van der Waals surface area contributed by atoms with Crippen molar-refractivity contribution in [2.45, 2.75) is 32.9 Å². The number of nitrogens with zero attached hydrogens (tertiary/aromatic N) is 3. The van der Waals surface area contributed by atoms with Crippen molar-refractivity contribution in [3.63, 3.8) is 0 Å². The summed E-state index contributed by atoms with van der Waals surface area (Å²) in [4.78, 5) is 15.0. The van der Waals surface area contributed by atoms with Crippen molar-refractivity contribution in [2.75, 3.05) is 11.4 Å². The Hall–Kier alpha value is -2.99. The topological polar surface area (TPSA) is 73.9 Å². The Kier molecular flexibility index (Phi) is 4.73. The zero-order valence-corrected chi connectivity index (χ0v) is 15.6. The molecular formula is C21H23N5O. The molecule has 0 saturated heterocycles. The molecule has 1 aromatic heterocycles. The smallest absolute Gasteiger partial charge is 0.228 e. The van der Waals surface area contributed by atoms with E-state index in [2.05, 4.69) is 34.6 Å². The molecule has 0 aliphatic carbocycles. The summed E-state index contributed by atoms with van der Waals surface area (Å²) >= 11 is 0. The van der Waals surface area contributed by atoms with Crippen LogP contribution in [0.1, 0.15) is 25.8 Å². The van der Waals surface area contributed by atoms with Crippen LogP contribution in [0.15, 0.2) is 48.5 Å². The average Bonchev–Trinajstić information content (AvgIpc) is 3.14. The van der Waals surface area contributed by atoms with Crippen LogP contribution >= 0.6 is 0 Å². The third-order valence-electron chi connectivity index (χ3n) is 4.79. The maximum absolute atomic E-state index is 13.1. The number of amides is 1. The van der Waals surface area contributed by atoms with Gasteiger partial charge in [-0.05, 0) is 11.6 Å². The van der Waals surface area contributed by atoms with E-state index in [0.29, 0.717) is 25.6 Å². The van der Waals surface area contributed by atoms with Crippen molar-refractivity contribution in [1.82, 2.24) is 20.7 Å². The molecule has 0 radical (unpaired) electrons. The van der Waals surface area contributed by atoms with Gasteiger partial charge in [-0.2, -0.15) is 15.4 Å². The molecule has 0 spiro atoms. The Morgan fingerprint density at radius 3 is 2.52 bits per heavy atom. The summed E-state index contributed by atoms with van der Waals surface area (Å²) in [5.41, 5.74) is 5.46. The van der Waals surface area contributed by atoms with Crippen LogP contribution in [0.5, 0.6) is 0 Å². The number of hydrogen-bond donors (Lipinski definition) is 2. The van der Waals surface area contributed by atoms with Gasteiger partial charge in [-0.3, -0.25) is 4.79 Å². The third kappa shape index (κ3) is 3.36. The van der Waals surface area contributed by atoms with E-state index in [4.69, 9.17) is 0 Å². The normalized spacial score (nSPS) is 12.8. The number of aromatic nitrogens is 3. The van der Waals surface area contributed by atoms with Gasteiger partial charge in [0.15, 0.2) is 0 Å². The SMILES string of the molecule is CC(C)NCCC(=O)N1Cc2ccccc2-c2n[nH]nc2-c2ccccc21. The lowest BCUT2D eigenvalue weighted by Gasteiger charge is -2.28. The lowest BCUT2D eigenvalue weighted by atomic mass is 9.96. The van der Waals surface area contributed by atoms with Crippen LogP contribution in [-0.2, 0) is 11.3 Å². The van der Waals surface area contributed by atoms with Crippen LogP contribution in [0.3, 0.4) is 0 Å². The van der Waals surface area contributed by atoms with Crippen LogP contribution in [0.4, 0.5) is 5.69 Å². The largest absolute Gasteiger partial charge is 0.314 e. The first-order valence-electron chi connectivity index (χ1n) is 9.27. The zero-order valence-electron chi connectivity index (χ0n) is 15.6. The first-order valence-corrected chi connectivity index (χ1v) is 9.27. The highest BCUT2D eigenvalue weighted by molar-refractivity contribution is 6.00. The fourth-order valence-electron chi connectivity index (χ4n) is 3.49. The maximum atomic E-state index is 13.1. The Labute approximate surface area is 158 Å². The summed E-state index contributed by atoms with van der Waals surface area (Å²) < 4.78 is 0. The molecule has 1 aliphatic heterocycles. The standard InChI is InChI=1S/C21H23N5O/c1-14(2)22-12-11-19(27)26-13-15-7-3-4-8-16(15)20-21(24-25-23-20)17-9-5-6-10-18(17)26/h3-10,14,22H,11-13H2,1-2H3,(H,23,24,25). The summed E-state index contributed by atoms with van der Waals surface area (Å²) in [6.07, 6.45) is 0.445. The van der Waals surface area contributed by atoms with Gasteiger partial charge < -0.3 is 10.2 Å². The second kappa shape index (κ2) is 7.32. The molecule has 2 heterocycles. The molecule has 0 bridgehead atoms. The van der Waals surface area contributed by atoms with Crippen LogP contribution in [0, 0.1) is 0 Å². The molecule has 1 amide bonds. The molecule has 0 fully saturated rings. The Morgan fingerprint density at radius 2 is 1.74 bits per heavy atom. The number of nitrogens with one attached hydrogen (secondary N) is 2. The van der Waals surface area contributed by atoms with Gasteiger partial charge in [-0.25, -0.2) is 0 Å². The van der Waals surface area contributed by atoms with E-state index in [0.717, 1.165) is 33.8 Å². The number of carbonyl (C=O) groups excluding carboxylic acids is 1. The molecular weight excluding hydrogens is 338 g/mol.